The Morgan fingerprint density at radius 1 is 1.10 bits per heavy atom. The van der Waals surface area contributed by atoms with Gasteiger partial charge in [-0.1, -0.05) is 37.6 Å². The molecule has 0 spiro atoms. The summed E-state index contributed by atoms with van der Waals surface area (Å²) in [6.45, 7) is 2.16. The van der Waals surface area contributed by atoms with Crippen molar-refractivity contribution in [1.82, 2.24) is 24.7 Å². The predicted octanol–water partition coefficient (Wildman–Crippen LogP) is 3.33. The Labute approximate surface area is 127 Å². The van der Waals surface area contributed by atoms with Crippen LogP contribution in [-0.4, -0.2) is 24.7 Å². The van der Waals surface area contributed by atoms with Gasteiger partial charge in [0.1, 0.15) is 0 Å². The minimum absolute atomic E-state index is 0.156. The van der Waals surface area contributed by atoms with E-state index >= 15 is 0 Å². The van der Waals surface area contributed by atoms with Crippen molar-refractivity contribution in [2.45, 2.75) is 19.8 Å². The van der Waals surface area contributed by atoms with Gasteiger partial charge in [0.15, 0.2) is 5.82 Å². The molecule has 0 saturated heterocycles. The first-order valence-corrected chi connectivity index (χ1v) is 7.15. The van der Waals surface area contributed by atoms with Crippen LogP contribution < -0.4 is 0 Å². The Morgan fingerprint density at radius 3 is 2.57 bits per heavy atom. The summed E-state index contributed by atoms with van der Waals surface area (Å²) in [7, 11) is 0. The van der Waals surface area contributed by atoms with Crippen LogP contribution in [0.25, 0.3) is 17.3 Å². The van der Waals surface area contributed by atoms with Crippen LogP contribution >= 0.6 is 11.6 Å². The van der Waals surface area contributed by atoms with Crippen LogP contribution in [0.1, 0.15) is 18.9 Å². The number of halogens is 1. The normalized spacial score (nSPS) is 10.8. The van der Waals surface area contributed by atoms with Gasteiger partial charge in [0.2, 0.25) is 5.28 Å². The summed E-state index contributed by atoms with van der Waals surface area (Å²) in [5.41, 5.74) is 2.21. The van der Waals surface area contributed by atoms with Crippen LogP contribution in [-0.2, 0) is 6.42 Å². The van der Waals surface area contributed by atoms with Crippen LogP contribution in [0.4, 0.5) is 0 Å². The molecule has 0 atom stereocenters. The SMILES string of the molecule is CCCc1ccc(-c2nc(Cl)nc(-n3cccn3)n2)cc1. The summed E-state index contributed by atoms with van der Waals surface area (Å²) in [5.74, 6) is 0.955. The molecular weight excluding hydrogens is 286 g/mol. The maximum Gasteiger partial charge on any atom is 0.255 e. The van der Waals surface area contributed by atoms with Crippen LogP contribution in [0.15, 0.2) is 42.7 Å². The molecule has 3 rings (SSSR count). The summed E-state index contributed by atoms with van der Waals surface area (Å²) in [6.07, 6.45) is 5.62. The molecule has 2 aromatic heterocycles. The first-order valence-electron chi connectivity index (χ1n) is 6.77. The fraction of sp³-hybridized carbons (Fsp3) is 0.200. The van der Waals surface area contributed by atoms with E-state index in [9.17, 15) is 0 Å². The van der Waals surface area contributed by atoms with E-state index in [2.05, 4.69) is 39.1 Å². The zero-order valence-electron chi connectivity index (χ0n) is 11.6. The van der Waals surface area contributed by atoms with E-state index in [1.807, 2.05) is 12.1 Å². The highest BCUT2D eigenvalue weighted by Gasteiger charge is 2.09. The molecule has 1 aromatic carbocycles. The van der Waals surface area contributed by atoms with Gasteiger partial charge in [-0.3, -0.25) is 0 Å². The third-order valence-electron chi connectivity index (χ3n) is 3.06. The van der Waals surface area contributed by atoms with Crippen LogP contribution in [0.5, 0.6) is 0 Å². The molecule has 0 radical (unpaired) electrons. The van der Waals surface area contributed by atoms with Gasteiger partial charge in [0.25, 0.3) is 5.95 Å². The van der Waals surface area contributed by atoms with E-state index in [0.29, 0.717) is 11.8 Å². The molecule has 0 N–H and O–H groups in total. The molecule has 106 valence electrons. The lowest BCUT2D eigenvalue weighted by Gasteiger charge is -2.05. The van der Waals surface area contributed by atoms with Crippen molar-refractivity contribution >= 4 is 11.6 Å². The molecule has 21 heavy (non-hydrogen) atoms. The molecule has 5 nitrogen and oxygen atoms in total. The minimum atomic E-state index is 0.156. The lowest BCUT2D eigenvalue weighted by Crippen LogP contribution is -2.05. The van der Waals surface area contributed by atoms with E-state index in [4.69, 9.17) is 11.6 Å². The second-order valence-electron chi connectivity index (χ2n) is 4.63. The number of hydrogen-bond donors (Lipinski definition) is 0. The fourth-order valence-corrected chi connectivity index (χ4v) is 2.22. The summed E-state index contributed by atoms with van der Waals surface area (Å²) in [6, 6.07) is 9.98. The Hall–Kier alpha value is -2.27. The lowest BCUT2D eigenvalue weighted by molar-refractivity contribution is 0.797. The Bertz CT molecular complexity index is 722. The van der Waals surface area contributed by atoms with Crippen molar-refractivity contribution in [2.75, 3.05) is 0 Å². The molecule has 0 saturated carbocycles. The van der Waals surface area contributed by atoms with E-state index in [1.165, 1.54) is 5.56 Å². The second kappa shape index (κ2) is 6.01. The Balaban J connectivity index is 1.98. The number of aromatic nitrogens is 5. The maximum absolute atomic E-state index is 5.99. The van der Waals surface area contributed by atoms with Crippen molar-refractivity contribution in [3.05, 3.63) is 53.6 Å². The molecule has 0 aliphatic carbocycles. The molecular formula is C15H14ClN5. The number of hydrogen-bond acceptors (Lipinski definition) is 4. The summed E-state index contributed by atoms with van der Waals surface area (Å²) < 4.78 is 1.56. The van der Waals surface area contributed by atoms with Gasteiger partial charge in [-0.25, -0.2) is 4.68 Å². The van der Waals surface area contributed by atoms with Crippen LogP contribution in [0.3, 0.4) is 0 Å². The quantitative estimate of drug-likeness (QED) is 0.741. The summed E-state index contributed by atoms with van der Waals surface area (Å²) >= 11 is 5.99. The first kappa shape index (κ1) is 13.7. The monoisotopic (exact) mass is 299 g/mol. The minimum Gasteiger partial charge on any atom is -0.206 e. The van der Waals surface area contributed by atoms with Gasteiger partial charge in [0.05, 0.1) is 0 Å². The highest BCUT2D eigenvalue weighted by molar-refractivity contribution is 6.28. The molecule has 0 fully saturated rings. The zero-order valence-corrected chi connectivity index (χ0v) is 12.3. The van der Waals surface area contributed by atoms with E-state index in [-0.39, 0.29) is 5.28 Å². The first-order chi connectivity index (χ1) is 10.3. The maximum atomic E-state index is 5.99. The highest BCUT2D eigenvalue weighted by atomic mass is 35.5. The topological polar surface area (TPSA) is 56.5 Å². The van der Waals surface area contributed by atoms with Gasteiger partial charge >= 0.3 is 0 Å². The van der Waals surface area contributed by atoms with Gasteiger partial charge in [-0.05, 0) is 29.7 Å². The highest BCUT2D eigenvalue weighted by Crippen LogP contribution is 2.18. The van der Waals surface area contributed by atoms with Crippen molar-refractivity contribution in [2.24, 2.45) is 0 Å². The van der Waals surface area contributed by atoms with Crippen molar-refractivity contribution in [1.29, 1.82) is 0 Å². The number of nitrogens with zero attached hydrogens (tertiary/aromatic N) is 5. The average Bonchev–Trinajstić information content (AvgIpc) is 3.02. The van der Waals surface area contributed by atoms with Gasteiger partial charge < -0.3 is 0 Å². The summed E-state index contributed by atoms with van der Waals surface area (Å²) in [5, 5.41) is 4.26. The largest absolute Gasteiger partial charge is 0.255 e. The third kappa shape index (κ3) is 3.08. The second-order valence-corrected chi connectivity index (χ2v) is 4.96. The molecule has 3 aromatic rings. The number of aryl methyl sites for hydroxylation is 1. The van der Waals surface area contributed by atoms with Gasteiger partial charge in [-0.2, -0.15) is 20.1 Å². The molecule has 2 heterocycles. The third-order valence-corrected chi connectivity index (χ3v) is 3.23. The molecule has 6 heteroatoms. The van der Waals surface area contributed by atoms with Crippen LogP contribution in [0, 0.1) is 0 Å². The van der Waals surface area contributed by atoms with E-state index in [0.717, 1.165) is 18.4 Å². The molecule has 0 bridgehead atoms. The average molecular weight is 300 g/mol. The smallest absolute Gasteiger partial charge is 0.206 e. The zero-order chi connectivity index (χ0) is 14.7. The van der Waals surface area contributed by atoms with Crippen molar-refractivity contribution in [3.8, 4) is 17.3 Å². The van der Waals surface area contributed by atoms with Crippen LogP contribution in [0.2, 0.25) is 5.28 Å². The van der Waals surface area contributed by atoms with Gasteiger partial charge in [0, 0.05) is 18.0 Å². The van der Waals surface area contributed by atoms with Crippen molar-refractivity contribution in [3.63, 3.8) is 0 Å². The number of benzene rings is 1. The van der Waals surface area contributed by atoms with E-state index in [1.54, 1.807) is 23.1 Å². The fourth-order valence-electron chi connectivity index (χ4n) is 2.07. The Morgan fingerprint density at radius 2 is 1.90 bits per heavy atom. The predicted molar refractivity (Wildman–Crippen MR) is 81.4 cm³/mol. The molecule has 0 aliphatic rings. The summed E-state index contributed by atoms with van der Waals surface area (Å²) in [4.78, 5) is 12.7. The molecule has 0 unspecified atom stereocenters. The lowest BCUT2D eigenvalue weighted by atomic mass is 10.1. The van der Waals surface area contributed by atoms with Gasteiger partial charge in [-0.15, -0.1) is 0 Å². The number of rotatable bonds is 4. The standard InChI is InChI=1S/C15H14ClN5/c1-2-4-11-5-7-12(8-6-11)13-18-14(16)20-15(19-13)21-10-3-9-17-21/h3,5-10H,2,4H2,1H3. The molecule has 0 aliphatic heterocycles. The van der Waals surface area contributed by atoms with Crippen molar-refractivity contribution < 1.29 is 0 Å². The molecule has 0 amide bonds. The Kier molecular flexibility index (Phi) is 3.92. The van der Waals surface area contributed by atoms with E-state index < -0.39 is 0 Å².